The van der Waals surface area contributed by atoms with Crippen LogP contribution in [-0.2, 0) is 13.0 Å². The minimum Gasteiger partial charge on any atom is -0.392 e. The highest BCUT2D eigenvalue weighted by atomic mass is 35.5. The molecule has 0 fully saturated rings. The Bertz CT molecular complexity index is 1020. The van der Waals surface area contributed by atoms with Crippen molar-refractivity contribution in [2.75, 3.05) is 18.4 Å². The largest absolute Gasteiger partial charge is 0.392 e. The molecule has 3 heterocycles. The molecule has 0 spiro atoms. The summed E-state index contributed by atoms with van der Waals surface area (Å²) in [4.78, 5) is 23.2. The average Bonchev–Trinajstić information content (AvgIpc) is 3.22. The summed E-state index contributed by atoms with van der Waals surface area (Å²) in [6.07, 6.45) is 0.214. The third kappa shape index (κ3) is 3.65. The Morgan fingerprint density at radius 2 is 2.33 bits per heavy atom. The lowest BCUT2D eigenvalue weighted by molar-refractivity contribution is 0.0731. The Balaban J connectivity index is 1.53. The number of thiazole rings is 1. The molecule has 1 aliphatic heterocycles. The van der Waals surface area contributed by atoms with E-state index < -0.39 is 11.9 Å². The van der Waals surface area contributed by atoms with Crippen molar-refractivity contribution < 1.29 is 14.3 Å². The fourth-order valence-electron chi connectivity index (χ4n) is 3.13. The van der Waals surface area contributed by atoms with Crippen LogP contribution in [0.2, 0.25) is 5.02 Å². The predicted octanol–water partition coefficient (Wildman–Crippen LogP) is 3.41. The van der Waals surface area contributed by atoms with E-state index in [0.29, 0.717) is 42.7 Å². The number of halogens is 2. The van der Waals surface area contributed by atoms with Crippen LogP contribution in [0, 0.1) is 5.82 Å². The standard InChI is InChI=1S/C18H18ClFN4O2S/c1-9(25)7-21-18-23-13-2-3-24(8-16(13)27-18)17(26)15-6-11-12(19)4-10(20)5-14(11)22-15/h4-6,9,22,25H,2-3,7-8H2,1H3,(H,21,23). The normalized spacial score (nSPS) is 15.0. The molecular formula is C18H18ClFN4O2S. The number of rotatable bonds is 4. The van der Waals surface area contributed by atoms with Gasteiger partial charge in [0.05, 0.1) is 28.9 Å². The second-order valence-corrected chi connectivity index (χ2v) is 8.12. The van der Waals surface area contributed by atoms with Gasteiger partial charge >= 0.3 is 0 Å². The molecule has 0 saturated heterocycles. The topological polar surface area (TPSA) is 81.2 Å². The monoisotopic (exact) mass is 408 g/mol. The van der Waals surface area contributed by atoms with Crippen LogP contribution in [0.25, 0.3) is 10.9 Å². The van der Waals surface area contributed by atoms with E-state index >= 15 is 0 Å². The Labute approximate surface area is 164 Å². The average molecular weight is 409 g/mol. The zero-order valence-corrected chi connectivity index (χ0v) is 16.1. The molecule has 1 unspecified atom stereocenters. The van der Waals surface area contributed by atoms with Gasteiger partial charge in [0.2, 0.25) is 0 Å². The number of aliphatic hydroxyl groups excluding tert-OH is 1. The molecule has 0 radical (unpaired) electrons. The van der Waals surface area contributed by atoms with Crippen molar-refractivity contribution in [3.8, 4) is 0 Å². The van der Waals surface area contributed by atoms with E-state index in [1.807, 2.05) is 0 Å². The summed E-state index contributed by atoms with van der Waals surface area (Å²) < 4.78 is 13.5. The molecule has 0 bridgehead atoms. The number of aromatic amines is 1. The SMILES string of the molecule is CC(O)CNc1nc2c(s1)CN(C(=O)c1cc3c(Cl)cc(F)cc3[nH]1)CC2. The zero-order chi connectivity index (χ0) is 19.1. The summed E-state index contributed by atoms with van der Waals surface area (Å²) >= 11 is 7.57. The third-order valence-electron chi connectivity index (χ3n) is 4.45. The first-order chi connectivity index (χ1) is 12.9. The molecule has 9 heteroatoms. The number of aliphatic hydroxyl groups is 1. The molecule has 1 atom stereocenters. The number of fused-ring (bicyclic) bond motifs is 2. The van der Waals surface area contributed by atoms with Crippen LogP contribution in [0.1, 0.15) is 28.0 Å². The van der Waals surface area contributed by atoms with Crippen molar-refractivity contribution in [3.05, 3.63) is 45.3 Å². The number of benzene rings is 1. The number of anilines is 1. The van der Waals surface area contributed by atoms with E-state index in [0.717, 1.165) is 15.7 Å². The highest BCUT2D eigenvalue weighted by molar-refractivity contribution is 7.15. The fraction of sp³-hybridized carbons (Fsp3) is 0.333. The lowest BCUT2D eigenvalue weighted by Crippen LogP contribution is -2.35. The molecule has 1 aliphatic rings. The lowest BCUT2D eigenvalue weighted by atomic mass is 10.1. The van der Waals surface area contributed by atoms with Crippen LogP contribution in [0.3, 0.4) is 0 Å². The first-order valence-electron chi connectivity index (χ1n) is 8.58. The molecular weight excluding hydrogens is 391 g/mol. The number of hydrogen-bond donors (Lipinski definition) is 3. The molecule has 0 saturated carbocycles. The van der Waals surface area contributed by atoms with Gasteiger partial charge in [-0.2, -0.15) is 0 Å². The van der Waals surface area contributed by atoms with Crippen molar-refractivity contribution in [1.29, 1.82) is 0 Å². The van der Waals surface area contributed by atoms with Crippen LogP contribution in [-0.4, -0.2) is 45.1 Å². The number of amides is 1. The predicted molar refractivity (Wildman–Crippen MR) is 104 cm³/mol. The van der Waals surface area contributed by atoms with E-state index in [1.54, 1.807) is 17.9 Å². The number of nitrogens with zero attached hydrogens (tertiary/aromatic N) is 2. The van der Waals surface area contributed by atoms with Gasteiger partial charge in [-0.3, -0.25) is 4.79 Å². The molecule has 6 nitrogen and oxygen atoms in total. The number of hydrogen-bond acceptors (Lipinski definition) is 5. The zero-order valence-electron chi connectivity index (χ0n) is 14.6. The highest BCUT2D eigenvalue weighted by Gasteiger charge is 2.26. The van der Waals surface area contributed by atoms with Gasteiger partial charge in [0.25, 0.3) is 5.91 Å². The summed E-state index contributed by atoms with van der Waals surface area (Å²) in [6, 6.07) is 4.23. The van der Waals surface area contributed by atoms with E-state index in [9.17, 15) is 14.3 Å². The Morgan fingerprint density at radius 3 is 3.11 bits per heavy atom. The van der Waals surface area contributed by atoms with Crippen molar-refractivity contribution >= 4 is 44.9 Å². The fourth-order valence-corrected chi connectivity index (χ4v) is 4.42. The van der Waals surface area contributed by atoms with E-state index in [4.69, 9.17) is 11.6 Å². The van der Waals surface area contributed by atoms with Gasteiger partial charge in [-0.15, -0.1) is 0 Å². The molecule has 3 N–H and O–H groups in total. The minimum absolute atomic E-state index is 0.153. The quantitative estimate of drug-likeness (QED) is 0.618. The van der Waals surface area contributed by atoms with Crippen molar-refractivity contribution in [1.82, 2.24) is 14.9 Å². The van der Waals surface area contributed by atoms with Gasteiger partial charge in [0.15, 0.2) is 5.13 Å². The second-order valence-electron chi connectivity index (χ2n) is 6.63. The summed E-state index contributed by atoms with van der Waals surface area (Å²) in [7, 11) is 0. The third-order valence-corrected chi connectivity index (χ3v) is 5.80. The molecule has 1 aromatic carbocycles. The molecule has 0 aliphatic carbocycles. The summed E-state index contributed by atoms with van der Waals surface area (Å²) in [6.45, 7) is 3.17. The molecule has 27 heavy (non-hydrogen) atoms. The highest BCUT2D eigenvalue weighted by Crippen LogP contribution is 2.30. The van der Waals surface area contributed by atoms with Gasteiger partial charge in [0, 0.05) is 29.8 Å². The first kappa shape index (κ1) is 18.2. The Kier molecular flexibility index (Phi) is 4.79. The number of carbonyl (C=O) groups is 1. The van der Waals surface area contributed by atoms with Gasteiger partial charge in [-0.1, -0.05) is 22.9 Å². The molecule has 3 aromatic rings. The van der Waals surface area contributed by atoms with E-state index in [-0.39, 0.29) is 10.9 Å². The summed E-state index contributed by atoms with van der Waals surface area (Å²) in [5, 5.41) is 14.1. The van der Waals surface area contributed by atoms with Crippen LogP contribution in [0.5, 0.6) is 0 Å². The Hall–Kier alpha value is -2.16. The van der Waals surface area contributed by atoms with Gasteiger partial charge < -0.3 is 20.3 Å². The van der Waals surface area contributed by atoms with Gasteiger partial charge in [-0.25, -0.2) is 9.37 Å². The minimum atomic E-state index is -0.456. The Morgan fingerprint density at radius 1 is 1.52 bits per heavy atom. The van der Waals surface area contributed by atoms with Crippen LogP contribution < -0.4 is 5.32 Å². The van der Waals surface area contributed by atoms with Crippen LogP contribution in [0.4, 0.5) is 9.52 Å². The second kappa shape index (κ2) is 7.10. The first-order valence-corrected chi connectivity index (χ1v) is 9.77. The number of aromatic nitrogens is 2. The van der Waals surface area contributed by atoms with Crippen molar-refractivity contribution in [2.24, 2.45) is 0 Å². The number of carbonyl (C=O) groups excluding carboxylic acids is 1. The van der Waals surface area contributed by atoms with Gasteiger partial charge in [-0.05, 0) is 25.1 Å². The molecule has 2 aromatic heterocycles. The number of nitrogens with one attached hydrogen (secondary N) is 2. The van der Waals surface area contributed by atoms with E-state index in [2.05, 4.69) is 15.3 Å². The summed E-state index contributed by atoms with van der Waals surface area (Å²) in [5.41, 5.74) is 1.88. The van der Waals surface area contributed by atoms with Crippen LogP contribution >= 0.6 is 22.9 Å². The van der Waals surface area contributed by atoms with Crippen molar-refractivity contribution in [2.45, 2.75) is 26.0 Å². The van der Waals surface area contributed by atoms with Crippen molar-refractivity contribution in [3.63, 3.8) is 0 Å². The maximum Gasteiger partial charge on any atom is 0.270 e. The van der Waals surface area contributed by atoms with E-state index in [1.165, 1.54) is 23.5 Å². The van der Waals surface area contributed by atoms with Crippen LogP contribution in [0.15, 0.2) is 18.2 Å². The maximum atomic E-state index is 13.5. The van der Waals surface area contributed by atoms with Gasteiger partial charge in [0.1, 0.15) is 11.5 Å². The molecule has 142 valence electrons. The lowest BCUT2D eigenvalue weighted by Gasteiger charge is -2.25. The molecule has 4 rings (SSSR count). The smallest absolute Gasteiger partial charge is 0.270 e. The summed E-state index contributed by atoms with van der Waals surface area (Å²) in [5.74, 6) is -0.599. The maximum absolute atomic E-state index is 13.5. The number of H-pyrrole nitrogens is 1. The molecule has 1 amide bonds.